The van der Waals surface area contributed by atoms with Crippen LogP contribution in [0.1, 0.15) is 37.1 Å². The van der Waals surface area contributed by atoms with E-state index < -0.39 is 0 Å². The van der Waals surface area contributed by atoms with Gasteiger partial charge in [0, 0.05) is 36.3 Å². The smallest absolute Gasteiger partial charge is 0.242 e. The first-order chi connectivity index (χ1) is 13.3. The van der Waals surface area contributed by atoms with Gasteiger partial charge in [0.25, 0.3) is 0 Å². The van der Waals surface area contributed by atoms with Gasteiger partial charge in [-0.15, -0.1) is 0 Å². The molecule has 4 rings (SSSR count). The standard InChI is InChI=1S/C20H26N6O/c1-2-25-19-8-4-3-7-16(19)17(24-25)13-22-20(27)14-26-18(9-11-23-26)15-6-5-10-21-12-15/h3-4,7-9,11,15,21H,2,5-6,10,12-14H2,1H3,(H,22,27)/t15-/m1/s1. The molecule has 1 saturated heterocycles. The second-order valence-electron chi connectivity index (χ2n) is 7.01. The number of nitrogens with zero attached hydrogens (tertiary/aromatic N) is 4. The number of hydrogen-bond donors (Lipinski definition) is 2. The Morgan fingerprint density at radius 3 is 3.00 bits per heavy atom. The topological polar surface area (TPSA) is 76.8 Å². The lowest BCUT2D eigenvalue weighted by molar-refractivity contribution is -0.122. The van der Waals surface area contributed by atoms with Crippen molar-refractivity contribution in [2.75, 3.05) is 13.1 Å². The van der Waals surface area contributed by atoms with Crippen LogP contribution in [0.25, 0.3) is 10.9 Å². The summed E-state index contributed by atoms with van der Waals surface area (Å²) >= 11 is 0. The lowest BCUT2D eigenvalue weighted by atomic mass is 9.96. The fourth-order valence-electron chi connectivity index (χ4n) is 3.87. The Labute approximate surface area is 158 Å². The third kappa shape index (κ3) is 3.73. The zero-order valence-electron chi connectivity index (χ0n) is 15.7. The Hall–Kier alpha value is -2.67. The summed E-state index contributed by atoms with van der Waals surface area (Å²) in [5.41, 5.74) is 3.14. The van der Waals surface area contributed by atoms with Crippen LogP contribution in [0.15, 0.2) is 36.5 Å². The number of aryl methyl sites for hydroxylation is 1. The number of fused-ring (bicyclic) bond motifs is 1. The molecule has 1 fully saturated rings. The second kappa shape index (κ2) is 7.92. The van der Waals surface area contributed by atoms with Gasteiger partial charge in [-0.1, -0.05) is 18.2 Å². The van der Waals surface area contributed by atoms with Crippen LogP contribution in [0, 0.1) is 0 Å². The van der Waals surface area contributed by atoms with Gasteiger partial charge in [-0.25, -0.2) is 0 Å². The van der Waals surface area contributed by atoms with Crippen molar-refractivity contribution < 1.29 is 4.79 Å². The summed E-state index contributed by atoms with van der Waals surface area (Å²) in [6.45, 7) is 5.57. The highest BCUT2D eigenvalue weighted by molar-refractivity contribution is 5.82. The molecule has 3 aromatic rings. The number of piperidine rings is 1. The van der Waals surface area contributed by atoms with Gasteiger partial charge in [0.15, 0.2) is 0 Å². The maximum absolute atomic E-state index is 12.5. The molecule has 2 N–H and O–H groups in total. The van der Waals surface area contributed by atoms with Crippen molar-refractivity contribution in [2.45, 2.75) is 45.3 Å². The number of hydrogen-bond acceptors (Lipinski definition) is 4. The van der Waals surface area contributed by atoms with E-state index in [0.717, 1.165) is 54.8 Å². The maximum atomic E-state index is 12.5. The molecule has 1 aliphatic rings. The molecule has 0 saturated carbocycles. The zero-order valence-corrected chi connectivity index (χ0v) is 15.7. The first kappa shape index (κ1) is 17.7. The highest BCUT2D eigenvalue weighted by Crippen LogP contribution is 2.23. The number of carbonyl (C=O) groups excluding carboxylic acids is 1. The van der Waals surface area contributed by atoms with E-state index in [-0.39, 0.29) is 12.5 Å². The molecule has 0 spiro atoms. The van der Waals surface area contributed by atoms with E-state index in [1.54, 1.807) is 6.20 Å². The predicted octanol–water partition coefficient (Wildman–Crippen LogP) is 2.04. The van der Waals surface area contributed by atoms with E-state index in [4.69, 9.17) is 0 Å². The van der Waals surface area contributed by atoms with Crippen molar-refractivity contribution in [1.29, 1.82) is 0 Å². The first-order valence-electron chi connectivity index (χ1n) is 9.70. The average molecular weight is 366 g/mol. The van der Waals surface area contributed by atoms with Crippen molar-refractivity contribution in [1.82, 2.24) is 30.2 Å². The predicted molar refractivity (Wildman–Crippen MR) is 104 cm³/mol. The van der Waals surface area contributed by atoms with E-state index in [1.807, 2.05) is 27.6 Å². The van der Waals surface area contributed by atoms with Crippen molar-refractivity contribution in [3.8, 4) is 0 Å². The van der Waals surface area contributed by atoms with Gasteiger partial charge < -0.3 is 10.6 Å². The van der Waals surface area contributed by atoms with Gasteiger partial charge in [-0.05, 0) is 38.4 Å². The van der Waals surface area contributed by atoms with E-state index in [9.17, 15) is 4.79 Å². The minimum absolute atomic E-state index is 0.0427. The Morgan fingerprint density at radius 1 is 1.30 bits per heavy atom. The molecule has 2 aromatic heterocycles. The van der Waals surface area contributed by atoms with Crippen LogP contribution < -0.4 is 10.6 Å². The van der Waals surface area contributed by atoms with Crippen LogP contribution in [0.5, 0.6) is 0 Å². The molecule has 142 valence electrons. The van der Waals surface area contributed by atoms with Crippen LogP contribution in [0.3, 0.4) is 0 Å². The summed E-state index contributed by atoms with van der Waals surface area (Å²) in [5.74, 6) is 0.386. The summed E-state index contributed by atoms with van der Waals surface area (Å²) in [4.78, 5) is 12.5. The average Bonchev–Trinajstić information content (AvgIpc) is 3.31. The molecule has 0 bridgehead atoms. The van der Waals surface area contributed by atoms with Gasteiger partial charge in [0.05, 0.1) is 17.8 Å². The fraction of sp³-hybridized carbons (Fsp3) is 0.450. The largest absolute Gasteiger partial charge is 0.349 e. The Bertz CT molecular complexity index is 922. The summed E-state index contributed by atoms with van der Waals surface area (Å²) in [7, 11) is 0. The SMILES string of the molecule is CCn1nc(CNC(=O)Cn2nccc2[C@@H]2CCCNC2)c2ccccc21. The quantitative estimate of drug-likeness (QED) is 0.700. The molecule has 0 aliphatic carbocycles. The number of aromatic nitrogens is 4. The van der Waals surface area contributed by atoms with E-state index >= 15 is 0 Å². The van der Waals surface area contributed by atoms with Gasteiger partial charge in [0.2, 0.25) is 5.91 Å². The van der Waals surface area contributed by atoms with Crippen LogP contribution in [-0.2, 0) is 24.4 Å². The lowest BCUT2D eigenvalue weighted by Gasteiger charge is -2.23. The van der Waals surface area contributed by atoms with Crippen LogP contribution in [-0.4, -0.2) is 38.6 Å². The summed E-state index contributed by atoms with van der Waals surface area (Å²) in [6, 6.07) is 10.2. The highest BCUT2D eigenvalue weighted by Gasteiger charge is 2.20. The maximum Gasteiger partial charge on any atom is 0.242 e. The van der Waals surface area contributed by atoms with Crippen LogP contribution in [0.4, 0.5) is 0 Å². The van der Waals surface area contributed by atoms with Crippen molar-refractivity contribution in [2.24, 2.45) is 0 Å². The van der Waals surface area contributed by atoms with Crippen molar-refractivity contribution >= 4 is 16.8 Å². The molecular formula is C20H26N6O. The van der Waals surface area contributed by atoms with E-state index in [0.29, 0.717) is 12.5 Å². The third-order valence-electron chi connectivity index (χ3n) is 5.24. The minimum atomic E-state index is -0.0427. The second-order valence-corrected chi connectivity index (χ2v) is 7.01. The van der Waals surface area contributed by atoms with Crippen LogP contribution in [0.2, 0.25) is 0 Å². The number of rotatable bonds is 6. The van der Waals surface area contributed by atoms with Crippen molar-refractivity contribution in [3.63, 3.8) is 0 Å². The molecule has 27 heavy (non-hydrogen) atoms. The van der Waals surface area contributed by atoms with Crippen molar-refractivity contribution in [3.05, 3.63) is 47.9 Å². The fourth-order valence-corrected chi connectivity index (χ4v) is 3.87. The molecular weight excluding hydrogens is 340 g/mol. The monoisotopic (exact) mass is 366 g/mol. The zero-order chi connectivity index (χ0) is 18.6. The van der Waals surface area contributed by atoms with Gasteiger partial charge in [-0.3, -0.25) is 14.2 Å². The number of para-hydroxylation sites is 1. The number of carbonyl (C=O) groups is 1. The molecule has 0 unspecified atom stereocenters. The molecule has 1 atom stereocenters. The van der Waals surface area contributed by atoms with Crippen LogP contribution >= 0.6 is 0 Å². The van der Waals surface area contributed by atoms with E-state index in [1.165, 1.54) is 0 Å². The Morgan fingerprint density at radius 2 is 2.19 bits per heavy atom. The Kier molecular flexibility index (Phi) is 5.20. The minimum Gasteiger partial charge on any atom is -0.349 e. The number of amides is 1. The molecule has 1 amide bonds. The summed E-state index contributed by atoms with van der Waals surface area (Å²) in [6.07, 6.45) is 4.09. The molecule has 3 heterocycles. The molecule has 0 radical (unpaired) electrons. The molecule has 1 aliphatic heterocycles. The van der Waals surface area contributed by atoms with Gasteiger partial charge in [0.1, 0.15) is 6.54 Å². The number of benzene rings is 1. The molecule has 1 aromatic carbocycles. The third-order valence-corrected chi connectivity index (χ3v) is 5.24. The number of nitrogens with one attached hydrogen (secondary N) is 2. The Balaban J connectivity index is 1.42. The highest BCUT2D eigenvalue weighted by atomic mass is 16.2. The first-order valence-corrected chi connectivity index (χ1v) is 9.70. The summed E-state index contributed by atoms with van der Waals surface area (Å²) < 4.78 is 3.80. The lowest BCUT2D eigenvalue weighted by Crippen LogP contribution is -2.32. The normalized spacial score (nSPS) is 17.3. The summed E-state index contributed by atoms with van der Waals surface area (Å²) in [5, 5.41) is 16.5. The van der Waals surface area contributed by atoms with Gasteiger partial charge >= 0.3 is 0 Å². The molecule has 7 nitrogen and oxygen atoms in total. The van der Waals surface area contributed by atoms with Gasteiger partial charge in [-0.2, -0.15) is 10.2 Å². The molecule has 7 heteroatoms. The van der Waals surface area contributed by atoms with E-state index in [2.05, 4.69) is 39.9 Å².